The molecule has 1 unspecified atom stereocenters. The summed E-state index contributed by atoms with van der Waals surface area (Å²) in [6, 6.07) is 7.89. The molecule has 0 radical (unpaired) electrons. The predicted molar refractivity (Wildman–Crippen MR) is 75.1 cm³/mol. The van der Waals surface area contributed by atoms with Crippen molar-refractivity contribution in [2.45, 2.75) is 19.4 Å². The molecule has 0 heterocycles. The fourth-order valence-electron chi connectivity index (χ4n) is 1.50. The molecular weight excluding hydrogens is 234 g/mol. The first-order valence-corrected chi connectivity index (χ1v) is 7.04. The van der Waals surface area contributed by atoms with Gasteiger partial charge < -0.3 is 15.2 Å². The van der Waals surface area contributed by atoms with Crippen molar-refractivity contribution in [2.24, 2.45) is 0 Å². The highest BCUT2D eigenvalue weighted by atomic mass is 32.2. The summed E-state index contributed by atoms with van der Waals surface area (Å²) in [5, 5.41) is 12.6. The molecule has 1 aromatic carbocycles. The van der Waals surface area contributed by atoms with Gasteiger partial charge in [-0.25, -0.2) is 0 Å². The SMILES string of the molecule is CCSCCC(CO)Nc1ccc(OC)cc1. The maximum atomic E-state index is 9.29. The van der Waals surface area contributed by atoms with Gasteiger partial charge in [0.05, 0.1) is 13.7 Å². The molecule has 96 valence electrons. The number of rotatable bonds is 8. The Balaban J connectivity index is 2.43. The van der Waals surface area contributed by atoms with Gasteiger partial charge in [-0.1, -0.05) is 6.92 Å². The molecule has 0 saturated heterocycles. The van der Waals surface area contributed by atoms with E-state index < -0.39 is 0 Å². The molecule has 1 atom stereocenters. The first-order valence-electron chi connectivity index (χ1n) is 5.89. The first kappa shape index (κ1) is 14.2. The van der Waals surface area contributed by atoms with Crippen LogP contribution in [0.1, 0.15) is 13.3 Å². The van der Waals surface area contributed by atoms with Crippen LogP contribution in [-0.4, -0.2) is 36.4 Å². The number of nitrogens with one attached hydrogen (secondary N) is 1. The molecule has 0 aliphatic carbocycles. The average molecular weight is 255 g/mol. The van der Waals surface area contributed by atoms with Gasteiger partial charge in [0.1, 0.15) is 5.75 Å². The Bertz CT molecular complexity index is 303. The highest BCUT2D eigenvalue weighted by Crippen LogP contribution is 2.17. The van der Waals surface area contributed by atoms with E-state index in [-0.39, 0.29) is 12.6 Å². The van der Waals surface area contributed by atoms with Crippen molar-refractivity contribution in [3.63, 3.8) is 0 Å². The van der Waals surface area contributed by atoms with Crippen LogP contribution in [0.15, 0.2) is 24.3 Å². The molecular formula is C13H21NO2S. The quantitative estimate of drug-likeness (QED) is 0.701. The van der Waals surface area contributed by atoms with Gasteiger partial charge in [0, 0.05) is 11.7 Å². The lowest BCUT2D eigenvalue weighted by Crippen LogP contribution is -2.24. The zero-order valence-corrected chi connectivity index (χ0v) is 11.3. The van der Waals surface area contributed by atoms with Crippen LogP contribution in [0, 0.1) is 0 Å². The van der Waals surface area contributed by atoms with Crippen LogP contribution in [0.3, 0.4) is 0 Å². The predicted octanol–water partition coefficient (Wildman–Crippen LogP) is 2.61. The van der Waals surface area contributed by atoms with Crippen molar-refractivity contribution in [2.75, 3.05) is 30.5 Å². The van der Waals surface area contributed by atoms with Crippen LogP contribution in [0.25, 0.3) is 0 Å². The van der Waals surface area contributed by atoms with Gasteiger partial charge in [-0.15, -0.1) is 0 Å². The summed E-state index contributed by atoms with van der Waals surface area (Å²) in [6.07, 6.45) is 0.973. The van der Waals surface area contributed by atoms with Gasteiger partial charge in [0.2, 0.25) is 0 Å². The van der Waals surface area contributed by atoms with Crippen molar-refractivity contribution in [1.29, 1.82) is 0 Å². The van der Waals surface area contributed by atoms with E-state index in [0.717, 1.165) is 29.4 Å². The minimum atomic E-state index is 0.127. The van der Waals surface area contributed by atoms with Gasteiger partial charge in [-0.05, 0) is 42.2 Å². The minimum absolute atomic E-state index is 0.127. The Morgan fingerprint density at radius 3 is 2.59 bits per heavy atom. The van der Waals surface area contributed by atoms with Crippen molar-refractivity contribution in [3.8, 4) is 5.75 Å². The van der Waals surface area contributed by atoms with Crippen molar-refractivity contribution in [1.82, 2.24) is 0 Å². The molecule has 0 spiro atoms. The van der Waals surface area contributed by atoms with E-state index in [4.69, 9.17) is 4.74 Å². The van der Waals surface area contributed by atoms with Crippen LogP contribution in [0.4, 0.5) is 5.69 Å². The molecule has 0 amide bonds. The van der Waals surface area contributed by atoms with E-state index >= 15 is 0 Å². The highest BCUT2D eigenvalue weighted by molar-refractivity contribution is 7.99. The molecule has 0 bridgehead atoms. The lowest BCUT2D eigenvalue weighted by atomic mass is 10.2. The second-order valence-corrected chi connectivity index (χ2v) is 5.13. The largest absolute Gasteiger partial charge is 0.497 e. The van der Waals surface area contributed by atoms with Crippen LogP contribution in [0.5, 0.6) is 5.75 Å². The minimum Gasteiger partial charge on any atom is -0.497 e. The lowest BCUT2D eigenvalue weighted by Gasteiger charge is -2.17. The Kier molecular flexibility index (Phi) is 6.89. The highest BCUT2D eigenvalue weighted by Gasteiger charge is 2.06. The Hall–Kier alpha value is -0.870. The summed E-state index contributed by atoms with van der Waals surface area (Å²) < 4.78 is 5.10. The number of aliphatic hydroxyl groups excluding tert-OH is 1. The maximum Gasteiger partial charge on any atom is 0.119 e. The smallest absolute Gasteiger partial charge is 0.119 e. The van der Waals surface area contributed by atoms with E-state index in [1.807, 2.05) is 36.0 Å². The zero-order valence-electron chi connectivity index (χ0n) is 10.5. The van der Waals surface area contributed by atoms with Crippen molar-refractivity contribution >= 4 is 17.4 Å². The van der Waals surface area contributed by atoms with Gasteiger partial charge in [0.15, 0.2) is 0 Å². The third kappa shape index (κ3) is 5.33. The number of hydrogen-bond acceptors (Lipinski definition) is 4. The maximum absolute atomic E-state index is 9.29. The molecule has 1 rings (SSSR count). The van der Waals surface area contributed by atoms with Crippen molar-refractivity contribution in [3.05, 3.63) is 24.3 Å². The number of aliphatic hydroxyl groups is 1. The topological polar surface area (TPSA) is 41.5 Å². The first-order chi connectivity index (χ1) is 8.30. The Morgan fingerprint density at radius 1 is 1.35 bits per heavy atom. The summed E-state index contributed by atoms with van der Waals surface area (Å²) >= 11 is 1.90. The van der Waals surface area contributed by atoms with Crippen molar-refractivity contribution < 1.29 is 9.84 Å². The normalized spacial score (nSPS) is 12.2. The third-order valence-electron chi connectivity index (χ3n) is 2.50. The van der Waals surface area contributed by atoms with E-state index in [2.05, 4.69) is 12.2 Å². The van der Waals surface area contributed by atoms with E-state index in [1.54, 1.807) is 7.11 Å². The zero-order chi connectivity index (χ0) is 12.5. The Labute approximate surface area is 108 Å². The molecule has 0 aliphatic rings. The number of methoxy groups -OCH3 is 1. The number of thioether (sulfide) groups is 1. The molecule has 0 aliphatic heterocycles. The molecule has 4 heteroatoms. The summed E-state index contributed by atoms with van der Waals surface area (Å²) in [7, 11) is 1.65. The molecule has 0 aromatic heterocycles. The fraction of sp³-hybridized carbons (Fsp3) is 0.538. The van der Waals surface area contributed by atoms with E-state index in [1.165, 1.54) is 0 Å². The number of anilines is 1. The van der Waals surface area contributed by atoms with Gasteiger partial charge >= 0.3 is 0 Å². The summed E-state index contributed by atoms with van der Waals surface area (Å²) in [5.41, 5.74) is 1.02. The molecule has 3 nitrogen and oxygen atoms in total. The van der Waals surface area contributed by atoms with Crippen LogP contribution in [0.2, 0.25) is 0 Å². The van der Waals surface area contributed by atoms with Gasteiger partial charge in [-0.3, -0.25) is 0 Å². The fourth-order valence-corrected chi connectivity index (χ4v) is 2.24. The summed E-state index contributed by atoms with van der Waals surface area (Å²) in [4.78, 5) is 0. The standard InChI is InChI=1S/C13H21NO2S/c1-3-17-9-8-12(10-15)14-11-4-6-13(16-2)7-5-11/h4-7,12,14-15H,3,8-10H2,1-2H3. The van der Waals surface area contributed by atoms with E-state index in [0.29, 0.717) is 0 Å². The Morgan fingerprint density at radius 2 is 2.06 bits per heavy atom. The van der Waals surface area contributed by atoms with Crippen LogP contribution < -0.4 is 10.1 Å². The molecule has 1 aromatic rings. The molecule has 0 saturated carbocycles. The molecule has 0 fully saturated rings. The average Bonchev–Trinajstić information content (AvgIpc) is 2.38. The monoisotopic (exact) mass is 255 g/mol. The summed E-state index contributed by atoms with van der Waals surface area (Å²) in [6.45, 7) is 2.31. The third-order valence-corrected chi connectivity index (χ3v) is 3.43. The second-order valence-electron chi connectivity index (χ2n) is 3.74. The van der Waals surface area contributed by atoms with Crippen LogP contribution in [-0.2, 0) is 0 Å². The molecule has 17 heavy (non-hydrogen) atoms. The molecule has 2 N–H and O–H groups in total. The second kappa shape index (κ2) is 8.25. The van der Waals surface area contributed by atoms with Gasteiger partial charge in [-0.2, -0.15) is 11.8 Å². The summed E-state index contributed by atoms with van der Waals surface area (Å²) in [5.74, 6) is 3.05. The lowest BCUT2D eigenvalue weighted by molar-refractivity contribution is 0.272. The number of benzene rings is 1. The number of ether oxygens (including phenoxy) is 1. The van der Waals surface area contributed by atoms with Crippen LogP contribution >= 0.6 is 11.8 Å². The van der Waals surface area contributed by atoms with E-state index in [9.17, 15) is 5.11 Å². The van der Waals surface area contributed by atoms with Gasteiger partial charge in [0.25, 0.3) is 0 Å². The number of hydrogen-bond donors (Lipinski definition) is 2.